The number of anilines is 2. The molecule has 0 spiro atoms. The average Bonchev–Trinajstić information content (AvgIpc) is 2.86. The number of benzene rings is 3. The van der Waals surface area contributed by atoms with Crippen molar-refractivity contribution in [1.29, 1.82) is 0 Å². The molecule has 2 N–H and O–H groups in total. The highest BCUT2D eigenvalue weighted by atomic mass is 35.5. The number of nitrogens with zero attached hydrogens (tertiary/aromatic N) is 1. The third-order valence-corrected chi connectivity index (χ3v) is 6.03. The van der Waals surface area contributed by atoms with Crippen molar-refractivity contribution in [3.63, 3.8) is 0 Å². The molecular weight excluding hydrogens is 438 g/mol. The number of piperidine rings is 1. The van der Waals surface area contributed by atoms with E-state index in [-0.39, 0.29) is 17.9 Å². The smallest absolute Gasteiger partial charge is 0.321 e. The SMILES string of the molecule is COc1ccccc1NC(=O)c1cccc(C2CCCN(C(=O)Nc3ccc(Cl)cc3)C2)c1. The number of likely N-dealkylation sites (tertiary alicyclic amines) is 1. The Kier molecular flexibility index (Phi) is 7.15. The molecule has 0 aliphatic carbocycles. The molecule has 1 unspecified atom stereocenters. The molecule has 3 aromatic rings. The lowest BCUT2D eigenvalue weighted by Crippen LogP contribution is -2.41. The summed E-state index contributed by atoms with van der Waals surface area (Å²) in [6.45, 7) is 1.29. The fourth-order valence-electron chi connectivity index (χ4n) is 4.05. The van der Waals surface area contributed by atoms with Crippen LogP contribution < -0.4 is 15.4 Å². The first-order valence-electron chi connectivity index (χ1n) is 10.9. The number of ether oxygens (including phenoxy) is 1. The fraction of sp³-hybridized carbons (Fsp3) is 0.231. The van der Waals surface area contributed by atoms with Crippen LogP contribution in [0, 0.1) is 0 Å². The average molecular weight is 464 g/mol. The van der Waals surface area contributed by atoms with Gasteiger partial charge in [-0.2, -0.15) is 0 Å². The van der Waals surface area contributed by atoms with Crippen molar-refractivity contribution >= 4 is 34.9 Å². The lowest BCUT2D eigenvalue weighted by atomic mass is 9.89. The van der Waals surface area contributed by atoms with Gasteiger partial charge in [0.1, 0.15) is 5.75 Å². The van der Waals surface area contributed by atoms with E-state index in [1.54, 1.807) is 49.6 Å². The number of hydrogen-bond acceptors (Lipinski definition) is 3. The van der Waals surface area contributed by atoms with E-state index < -0.39 is 0 Å². The van der Waals surface area contributed by atoms with E-state index in [1.165, 1.54) is 0 Å². The zero-order valence-corrected chi connectivity index (χ0v) is 19.1. The monoisotopic (exact) mass is 463 g/mol. The predicted molar refractivity (Wildman–Crippen MR) is 131 cm³/mol. The van der Waals surface area contributed by atoms with Crippen molar-refractivity contribution in [2.24, 2.45) is 0 Å². The highest BCUT2D eigenvalue weighted by Gasteiger charge is 2.25. The van der Waals surface area contributed by atoms with Crippen LogP contribution in [0.2, 0.25) is 5.02 Å². The number of rotatable bonds is 5. The standard InChI is InChI=1S/C26H26ClN3O3/c1-33-24-10-3-2-9-23(24)29-25(31)19-7-4-6-18(16-19)20-8-5-15-30(17-20)26(32)28-22-13-11-21(27)12-14-22/h2-4,6-7,9-14,16,20H,5,8,15,17H2,1H3,(H,28,32)(H,29,31). The fourth-order valence-corrected chi connectivity index (χ4v) is 4.17. The molecule has 170 valence electrons. The van der Waals surface area contributed by atoms with Crippen LogP contribution >= 0.6 is 11.6 Å². The topological polar surface area (TPSA) is 70.7 Å². The molecule has 3 amide bonds. The summed E-state index contributed by atoms with van der Waals surface area (Å²) < 4.78 is 5.32. The first-order valence-corrected chi connectivity index (χ1v) is 11.3. The Morgan fingerprint density at radius 3 is 2.58 bits per heavy atom. The molecule has 33 heavy (non-hydrogen) atoms. The van der Waals surface area contributed by atoms with E-state index in [1.807, 2.05) is 35.2 Å². The zero-order valence-electron chi connectivity index (χ0n) is 18.4. The minimum absolute atomic E-state index is 0.132. The van der Waals surface area contributed by atoms with Gasteiger partial charge in [-0.3, -0.25) is 4.79 Å². The van der Waals surface area contributed by atoms with Gasteiger partial charge >= 0.3 is 6.03 Å². The van der Waals surface area contributed by atoms with Crippen molar-refractivity contribution in [1.82, 2.24) is 4.90 Å². The van der Waals surface area contributed by atoms with Crippen LogP contribution in [0.3, 0.4) is 0 Å². The molecule has 0 saturated carbocycles. The zero-order chi connectivity index (χ0) is 23.2. The Morgan fingerprint density at radius 2 is 1.79 bits per heavy atom. The number of para-hydroxylation sites is 2. The molecule has 1 aliphatic heterocycles. The van der Waals surface area contributed by atoms with Crippen molar-refractivity contribution in [3.8, 4) is 5.75 Å². The van der Waals surface area contributed by atoms with Crippen molar-refractivity contribution < 1.29 is 14.3 Å². The second kappa shape index (κ2) is 10.4. The third-order valence-electron chi connectivity index (χ3n) is 5.78. The Balaban J connectivity index is 1.43. The van der Waals surface area contributed by atoms with Crippen LogP contribution in [0.1, 0.15) is 34.7 Å². The molecule has 6 nitrogen and oxygen atoms in total. The summed E-state index contributed by atoms with van der Waals surface area (Å²) in [5.41, 5.74) is 2.95. The van der Waals surface area contributed by atoms with E-state index in [4.69, 9.17) is 16.3 Å². The molecule has 1 heterocycles. The Labute approximate surface area is 198 Å². The number of carbonyl (C=O) groups excluding carboxylic acids is 2. The Morgan fingerprint density at radius 1 is 1.00 bits per heavy atom. The first kappa shape index (κ1) is 22.7. The van der Waals surface area contributed by atoms with Gasteiger partial charge in [0, 0.05) is 35.3 Å². The van der Waals surface area contributed by atoms with E-state index in [2.05, 4.69) is 10.6 Å². The molecule has 1 saturated heterocycles. The second-order valence-electron chi connectivity index (χ2n) is 8.00. The van der Waals surface area contributed by atoms with E-state index in [0.29, 0.717) is 40.8 Å². The lowest BCUT2D eigenvalue weighted by molar-refractivity contribution is 0.102. The molecule has 0 bridgehead atoms. The van der Waals surface area contributed by atoms with Crippen molar-refractivity contribution in [2.45, 2.75) is 18.8 Å². The number of hydrogen-bond donors (Lipinski definition) is 2. The maximum Gasteiger partial charge on any atom is 0.321 e. The summed E-state index contributed by atoms with van der Waals surface area (Å²) in [5.74, 6) is 0.569. The number of carbonyl (C=O) groups is 2. The molecule has 3 aromatic carbocycles. The molecule has 0 radical (unpaired) electrons. The summed E-state index contributed by atoms with van der Waals surface area (Å²) in [5, 5.41) is 6.47. The number of methoxy groups -OCH3 is 1. The molecular formula is C26H26ClN3O3. The first-order chi connectivity index (χ1) is 16.0. The van der Waals surface area contributed by atoms with Gasteiger partial charge in [-0.05, 0) is 66.9 Å². The number of nitrogens with one attached hydrogen (secondary N) is 2. The Hall–Kier alpha value is -3.51. The minimum atomic E-state index is -0.200. The van der Waals surface area contributed by atoms with Crippen LogP contribution in [0.5, 0.6) is 5.75 Å². The highest BCUT2D eigenvalue weighted by Crippen LogP contribution is 2.29. The largest absolute Gasteiger partial charge is 0.495 e. The summed E-state index contributed by atoms with van der Waals surface area (Å²) in [6.07, 6.45) is 1.86. The van der Waals surface area contributed by atoms with Crippen LogP contribution in [0.15, 0.2) is 72.8 Å². The maximum atomic E-state index is 12.9. The number of halogens is 1. The van der Waals surface area contributed by atoms with Crippen LogP contribution in [-0.2, 0) is 0 Å². The normalized spacial score (nSPS) is 15.6. The number of amides is 3. The summed E-state index contributed by atoms with van der Waals surface area (Å²) in [7, 11) is 1.57. The second-order valence-corrected chi connectivity index (χ2v) is 8.44. The summed E-state index contributed by atoms with van der Waals surface area (Å²) in [6, 6.07) is 21.9. The summed E-state index contributed by atoms with van der Waals surface area (Å²) >= 11 is 5.92. The van der Waals surface area contributed by atoms with Gasteiger partial charge in [-0.15, -0.1) is 0 Å². The Bertz CT molecular complexity index is 1130. The maximum absolute atomic E-state index is 12.9. The van der Waals surface area contributed by atoms with Crippen LogP contribution in [-0.4, -0.2) is 37.0 Å². The minimum Gasteiger partial charge on any atom is -0.495 e. The molecule has 1 fully saturated rings. The van der Waals surface area contributed by atoms with E-state index in [9.17, 15) is 9.59 Å². The molecule has 1 aliphatic rings. The molecule has 0 aromatic heterocycles. The summed E-state index contributed by atoms with van der Waals surface area (Å²) in [4.78, 5) is 27.5. The predicted octanol–water partition coefficient (Wildman–Crippen LogP) is 6.01. The third kappa shape index (κ3) is 5.65. The van der Waals surface area contributed by atoms with Crippen LogP contribution in [0.4, 0.5) is 16.2 Å². The van der Waals surface area contributed by atoms with Crippen LogP contribution in [0.25, 0.3) is 0 Å². The van der Waals surface area contributed by atoms with Gasteiger partial charge in [0.25, 0.3) is 5.91 Å². The quantitative estimate of drug-likeness (QED) is 0.486. The number of urea groups is 1. The van der Waals surface area contributed by atoms with Gasteiger partial charge < -0.3 is 20.3 Å². The lowest BCUT2D eigenvalue weighted by Gasteiger charge is -2.33. The van der Waals surface area contributed by atoms with Gasteiger partial charge in [0.15, 0.2) is 0 Å². The van der Waals surface area contributed by atoms with E-state index >= 15 is 0 Å². The van der Waals surface area contributed by atoms with Gasteiger partial charge in [0.2, 0.25) is 0 Å². The van der Waals surface area contributed by atoms with E-state index in [0.717, 1.165) is 18.4 Å². The molecule has 7 heteroatoms. The van der Waals surface area contributed by atoms with Gasteiger partial charge in [-0.1, -0.05) is 35.9 Å². The molecule has 1 atom stereocenters. The van der Waals surface area contributed by atoms with Crippen molar-refractivity contribution in [3.05, 3.63) is 88.9 Å². The van der Waals surface area contributed by atoms with Gasteiger partial charge in [0.05, 0.1) is 12.8 Å². The van der Waals surface area contributed by atoms with Gasteiger partial charge in [-0.25, -0.2) is 4.79 Å². The highest BCUT2D eigenvalue weighted by molar-refractivity contribution is 6.30. The molecule has 4 rings (SSSR count). The van der Waals surface area contributed by atoms with Crippen molar-refractivity contribution in [2.75, 3.05) is 30.8 Å².